The maximum Gasteiger partial charge on any atom is 0.322 e. The molecule has 2 unspecified atom stereocenters. The molecular weight excluding hydrogens is 502 g/mol. The second-order valence-corrected chi connectivity index (χ2v) is 12.0. The van der Waals surface area contributed by atoms with E-state index in [-0.39, 0.29) is 12.1 Å². The van der Waals surface area contributed by atoms with Gasteiger partial charge in [0.15, 0.2) is 0 Å². The zero-order valence-electron chi connectivity index (χ0n) is 24.3. The highest BCUT2D eigenvalue weighted by atomic mass is 16.5. The maximum absolute atomic E-state index is 13.5. The number of anilines is 2. The number of methoxy groups -OCH3 is 1. The summed E-state index contributed by atoms with van der Waals surface area (Å²) in [4.78, 5) is 32.5. The molecule has 0 radical (unpaired) electrons. The molecular formula is C32H43N5O3. The largest absolute Gasteiger partial charge is 0.497 e. The van der Waals surface area contributed by atoms with Gasteiger partial charge in [0, 0.05) is 63.3 Å². The number of amides is 4. The second-order valence-electron chi connectivity index (χ2n) is 12.0. The molecule has 2 bridgehead atoms. The van der Waals surface area contributed by atoms with Crippen molar-refractivity contribution in [3.63, 3.8) is 0 Å². The normalized spacial score (nSPS) is 21.6. The number of hydrogen-bond acceptors (Lipinski definition) is 4. The minimum absolute atomic E-state index is 0.0553. The molecule has 40 heavy (non-hydrogen) atoms. The van der Waals surface area contributed by atoms with Crippen molar-refractivity contribution in [1.82, 2.24) is 14.7 Å². The molecule has 2 fully saturated rings. The average Bonchev–Trinajstić information content (AvgIpc) is 2.96. The van der Waals surface area contributed by atoms with E-state index in [1.54, 1.807) is 7.11 Å². The van der Waals surface area contributed by atoms with E-state index < -0.39 is 0 Å². The van der Waals surface area contributed by atoms with Crippen LogP contribution >= 0.6 is 0 Å². The highest BCUT2D eigenvalue weighted by molar-refractivity contribution is 5.90. The lowest BCUT2D eigenvalue weighted by atomic mass is 9.49. The molecule has 0 spiro atoms. The fourth-order valence-electron chi connectivity index (χ4n) is 6.31. The van der Waals surface area contributed by atoms with Gasteiger partial charge in [0.2, 0.25) is 0 Å². The van der Waals surface area contributed by atoms with Crippen LogP contribution in [0.25, 0.3) is 0 Å². The highest BCUT2D eigenvalue weighted by Crippen LogP contribution is 2.59. The summed E-state index contributed by atoms with van der Waals surface area (Å²) in [6, 6.07) is 15.2. The first-order valence-corrected chi connectivity index (χ1v) is 14.5. The molecule has 1 aliphatic heterocycles. The summed E-state index contributed by atoms with van der Waals surface area (Å²) in [6.07, 6.45) is 4.74. The molecule has 0 aromatic heterocycles. The van der Waals surface area contributed by atoms with Crippen LogP contribution in [0, 0.1) is 24.2 Å². The Morgan fingerprint density at radius 2 is 1.77 bits per heavy atom. The average molecular weight is 546 g/mol. The van der Waals surface area contributed by atoms with Gasteiger partial charge < -0.3 is 25.2 Å². The number of piperazine rings is 1. The zero-order chi connectivity index (χ0) is 28.3. The summed E-state index contributed by atoms with van der Waals surface area (Å²) in [6.45, 7) is 11.7. The monoisotopic (exact) mass is 545 g/mol. The SMILES string of the molecule is COc1cccc(NC(=O)N2CCN(CCN(CC3=CCC4CC3C4(C)C)C(=O)Nc3ccc(C)cc3)CC2)c1. The standard InChI is InChI=1S/C32H43N5O3/c1-23-8-12-26(13-9-23)33-31(39)37(22-24-10-11-25-20-29(24)32(25,2)3)19-16-35-14-17-36(18-15-35)30(38)34-27-6-5-7-28(21-27)40-4/h5-10,12-13,21,25,29H,11,14-20,22H2,1-4H3,(H,33,39)(H,34,38). The van der Waals surface area contributed by atoms with Gasteiger partial charge in [-0.25, -0.2) is 9.59 Å². The number of carbonyl (C=O) groups excluding carboxylic acids is 2. The van der Waals surface area contributed by atoms with Crippen LogP contribution in [-0.2, 0) is 0 Å². The summed E-state index contributed by atoms with van der Waals surface area (Å²) in [7, 11) is 1.61. The third-order valence-electron chi connectivity index (χ3n) is 9.21. The Morgan fingerprint density at radius 3 is 2.45 bits per heavy atom. The van der Waals surface area contributed by atoms with E-state index in [0.29, 0.717) is 43.3 Å². The molecule has 3 aliphatic carbocycles. The van der Waals surface area contributed by atoms with Gasteiger partial charge in [-0.3, -0.25) is 4.90 Å². The van der Waals surface area contributed by atoms with Crippen LogP contribution in [0.3, 0.4) is 0 Å². The number of ether oxygens (including phenoxy) is 1. The number of allylic oxidation sites excluding steroid dienone is 1. The molecule has 2 atom stereocenters. The van der Waals surface area contributed by atoms with E-state index in [2.05, 4.69) is 35.5 Å². The number of benzene rings is 2. The fraction of sp³-hybridized carbons (Fsp3) is 0.500. The third kappa shape index (κ3) is 6.28. The Hall–Kier alpha value is -3.52. The summed E-state index contributed by atoms with van der Waals surface area (Å²) in [5, 5.41) is 6.09. The maximum atomic E-state index is 13.5. The van der Waals surface area contributed by atoms with Gasteiger partial charge in [0.25, 0.3) is 0 Å². The summed E-state index contributed by atoms with van der Waals surface area (Å²) < 4.78 is 5.26. The molecule has 1 saturated carbocycles. The first-order chi connectivity index (χ1) is 19.2. The number of aryl methyl sites for hydroxylation is 1. The van der Waals surface area contributed by atoms with Crippen molar-refractivity contribution in [2.75, 3.05) is 63.6 Å². The first-order valence-electron chi connectivity index (χ1n) is 14.5. The molecule has 214 valence electrons. The highest BCUT2D eigenvalue weighted by Gasteiger charge is 2.51. The summed E-state index contributed by atoms with van der Waals surface area (Å²) >= 11 is 0. The van der Waals surface area contributed by atoms with Crippen LogP contribution in [0.1, 0.15) is 32.3 Å². The van der Waals surface area contributed by atoms with Crippen molar-refractivity contribution in [3.8, 4) is 5.75 Å². The van der Waals surface area contributed by atoms with Gasteiger partial charge in [-0.05, 0) is 61.3 Å². The first kappa shape index (κ1) is 28.0. The topological polar surface area (TPSA) is 77.2 Å². The summed E-state index contributed by atoms with van der Waals surface area (Å²) in [5.41, 5.74) is 4.44. The van der Waals surface area contributed by atoms with E-state index in [4.69, 9.17) is 4.74 Å². The van der Waals surface area contributed by atoms with E-state index in [0.717, 1.165) is 43.3 Å². The predicted octanol–water partition coefficient (Wildman–Crippen LogP) is 5.68. The number of rotatable bonds is 8. The van der Waals surface area contributed by atoms with Gasteiger partial charge >= 0.3 is 12.1 Å². The molecule has 2 aromatic rings. The van der Waals surface area contributed by atoms with Crippen LogP contribution < -0.4 is 15.4 Å². The van der Waals surface area contributed by atoms with Gasteiger partial charge in [-0.2, -0.15) is 0 Å². The lowest BCUT2D eigenvalue weighted by Crippen LogP contribution is -2.53. The second kappa shape index (κ2) is 11.9. The van der Waals surface area contributed by atoms with Crippen LogP contribution in [0.4, 0.5) is 21.0 Å². The Bertz CT molecular complexity index is 1230. The van der Waals surface area contributed by atoms with Crippen molar-refractivity contribution in [2.45, 2.75) is 33.6 Å². The number of hydrogen-bond donors (Lipinski definition) is 2. The lowest BCUT2D eigenvalue weighted by Gasteiger charge is -2.57. The van der Waals surface area contributed by atoms with Crippen LogP contribution in [-0.4, -0.2) is 79.7 Å². The molecule has 1 saturated heterocycles. The van der Waals surface area contributed by atoms with Crippen LogP contribution in [0.2, 0.25) is 0 Å². The van der Waals surface area contributed by atoms with Crippen LogP contribution in [0.5, 0.6) is 5.75 Å². The fourth-order valence-corrected chi connectivity index (χ4v) is 6.31. The number of nitrogens with zero attached hydrogens (tertiary/aromatic N) is 3. The molecule has 8 nitrogen and oxygen atoms in total. The smallest absolute Gasteiger partial charge is 0.322 e. The van der Waals surface area contributed by atoms with E-state index in [1.807, 2.05) is 65.3 Å². The van der Waals surface area contributed by atoms with Crippen molar-refractivity contribution < 1.29 is 14.3 Å². The predicted molar refractivity (Wildman–Crippen MR) is 160 cm³/mol. The quantitative estimate of drug-likeness (QED) is 0.419. The number of urea groups is 2. The Morgan fingerprint density at radius 1 is 1.02 bits per heavy atom. The molecule has 6 rings (SSSR count). The van der Waals surface area contributed by atoms with Gasteiger partial charge in [-0.1, -0.05) is 49.3 Å². The Balaban J connectivity index is 1.16. The third-order valence-corrected chi connectivity index (χ3v) is 9.21. The molecule has 4 aliphatic rings. The van der Waals surface area contributed by atoms with E-state index in [1.165, 1.54) is 17.6 Å². The summed E-state index contributed by atoms with van der Waals surface area (Å²) in [5.74, 6) is 2.05. The number of nitrogens with one attached hydrogen (secondary N) is 2. The number of carbonyl (C=O) groups is 2. The van der Waals surface area contributed by atoms with E-state index >= 15 is 0 Å². The number of fused-ring (bicyclic) bond motifs is 1. The molecule has 2 aromatic carbocycles. The van der Waals surface area contributed by atoms with Gasteiger partial charge in [0.05, 0.1) is 7.11 Å². The van der Waals surface area contributed by atoms with Crippen molar-refractivity contribution in [1.29, 1.82) is 0 Å². The minimum Gasteiger partial charge on any atom is -0.497 e. The minimum atomic E-state index is -0.0994. The lowest BCUT2D eigenvalue weighted by molar-refractivity contribution is -0.00969. The molecule has 4 amide bonds. The Kier molecular flexibility index (Phi) is 8.35. The zero-order valence-corrected chi connectivity index (χ0v) is 24.3. The van der Waals surface area contributed by atoms with Crippen molar-refractivity contribution >= 4 is 23.4 Å². The van der Waals surface area contributed by atoms with Crippen molar-refractivity contribution in [3.05, 3.63) is 65.7 Å². The van der Waals surface area contributed by atoms with E-state index in [9.17, 15) is 9.59 Å². The Labute approximate surface area is 238 Å². The van der Waals surface area contributed by atoms with Crippen molar-refractivity contribution in [2.24, 2.45) is 17.3 Å². The molecule has 1 heterocycles. The molecule has 8 heteroatoms. The van der Waals surface area contributed by atoms with Gasteiger partial charge in [-0.15, -0.1) is 0 Å². The van der Waals surface area contributed by atoms with Gasteiger partial charge in [0.1, 0.15) is 5.75 Å². The molecule has 2 N–H and O–H groups in total. The van der Waals surface area contributed by atoms with Crippen LogP contribution in [0.15, 0.2) is 60.2 Å².